The summed E-state index contributed by atoms with van der Waals surface area (Å²) in [6.45, 7) is 6.44. The van der Waals surface area contributed by atoms with Crippen LogP contribution in [0.1, 0.15) is 33.9 Å². The van der Waals surface area contributed by atoms with Gasteiger partial charge < -0.3 is 15.5 Å². The van der Waals surface area contributed by atoms with Crippen LogP contribution in [0.5, 0.6) is 0 Å². The van der Waals surface area contributed by atoms with Gasteiger partial charge in [-0.2, -0.15) is 0 Å². The fourth-order valence-electron chi connectivity index (χ4n) is 4.03. The lowest BCUT2D eigenvalue weighted by Gasteiger charge is -2.21. The molecule has 0 fully saturated rings. The second-order valence-electron chi connectivity index (χ2n) is 8.45. The highest BCUT2D eigenvalue weighted by molar-refractivity contribution is 5.93. The van der Waals surface area contributed by atoms with E-state index in [1.54, 1.807) is 0 Å². The van der Waals surface area contributed by atoms with Gasteiger partial charge in [0.05, 0.1) is 13.1 Å². The van der Waals surface area contributed by atoms with Crippen LogP contribution >= 0.6 is 0 Å². The number of quaternary nitrogens is 1. The first-order chi connectivity index (χ1) is 15.3. The molecule has 0 bridgehead atoms. The highest BCUT2D eigenvalue weighted by atomic mass is 16.2. The van der Waals surface area contributed by atoms with Gasteiger partial charge in [0.25, 0.3) is 11.8 Å². The maximum Gasteiger partial charge on any atom is 0.279 e. The predicted molar refractivity (Wildman–Crippen MR) is 129 cm³/mol. The van der Waals surface area contributed by atoms with E-state index in [0.29, 0.717) is 0 Å². The lowest BCUT2D eigenvalue weighted by Crippen LogP contribution is -3.11. The van der Waals surface area contributed by atoms with Crippen LogP contribution in [-0.2, 0) is 9.59 Å². The van der Waals surface area contributed by atoms with E-state index >= 15 is 0 Å². The van der Waals surface area contributed by atoms with Crippen LogP contribution in [0, 0.1) is 20.8 Å². The molecule has 0 aliphatic carbocycles. The average molecular weight is 431 g/mol. The van der Waals surface area contributed by atoms with E-state index in [2.05, 4.69) is 22.8 Å². The monoisotopic (exact) mass is 430 g/mol. The average Bonchev–Trinajstić information content (AvgIpc) is 2.75. The molecule has 0 aromatic heterocycles. The van der Waals surface area contributed by atoms with Crippen molar-refractivity contribution in [2.75, 3.05) is 25.5 Å². The molecule has 3 rings (SSSR count). The molecule has 0 heterocycles. The molecule has 3 N–H and O–H groups in total. The van der Waals surface area contributed by atoms with Crippen molar-refractivity contribution in [3.8, 4) is 0 Å². The van der Waals surface area contributed by atoms with E-state index in [4.69, 9.17) is 0 Å². The van der Waals surface area contributed by atoms with Crippen LogP contribution in [0.25, 0.3) is 0 Å². The molecule has 5 heteroatoms. The minimum absolute atomic E-state index is 0.101. The fourth-order valence-corrected chi connectivity index (χ4v) is 4.03. The van der Waals surface area contributed by atoms with E-state index in [0.717, 1.165) is 32.8 Å². The van der Waals surface area contributed by atoms with Crippen LogP contribution < -0.4 is 15.5 Å². The molecular formula is C27H32N3O2+. The Labute approximate surface area is 190 Å². The Morgan fingerprint density at radius 3 is 1.75 bits per heavy atom. The number of carbonyl (C=O) groups excluding carboxylic acids is 2. The molecule has 0 aliphatic rings. The van der Waals surface area contributed by atoms with Gasteiger partial charge >= 0.3 is 0 Å². The third-order valence-electron chi connectivity index (χ3n) is 5.44. The van der Waals surface area contributed by atoms with Gasteiger partial charge in [-0.25, -0.2) is 0 Å². The lowest BCUT2D eigenvalue weighted by atomic mass is 9.99. The van der Waals surface area contributed by atoms with Crippen molar-refractivity contribution < 1.29 is 14.5 Å². The third kappa shape index (κ3) is 6.28. The summed E-state index contributed by atoms with van der Waals surface area (Å²) in [4.78, 5) is 26.2. The molecule has 32 heavy (non-hydrogen) atoms. The van der Waals surface area contributed by atoms with Gasteiger partial charge in [-0.1, -0.05) is 78.4 Å². The zero-order valence-corrected chi connectivity index (χ0v) is 19.2. The van der Waals surface area contributed by atoms with Crippen LogP contribution in [0.2, 0.25) is 0 Å². The Hall–Kier alpha value is -3.44. The standard InChI is InChI=1S/C27H31N3O2/c1-19-15-20(2)26(21(3)16-19)28-24(31)17-30(4)18-25(32)29-27(22-11-7-5-8-12-22)23-13-9-6-10-14-23/h5-16,27H,17-18H2,1-4H3,(H,28,31)(H,29,32)/p+1. The molecular weight excluding hydrogens is 398 g/mol. The number of benzene rings is 3. The largest absolute Gasteiger partial charge is 0.340 e. The quantitative estimate of drug-likeness (QED) is 0.515. The minimum atomic E-state index is -0.232. The van der Waals surface area contributed by atoms with E-state index in [1.165, 1.54) is 5.56 Å². The highest BCUT2D eigenvalue weighted by Crippen LogP contribution is 2.22. The summed E-state index contributed by atoms with van der Waals surface area (Å²) < 4.78 is 0. The summed E-state index contributed by atoms with van der Waals surface area (Å²) >= 11 is 0. The van der Waals surface area contributed by atoms with Crippen LogP contribution in [0.15, 0.2) is 72.8 Å². The van der Waals surface area contributed by atoms with Crippen molar-refractivity contribution in [3.63, 3.8) is 0 Å². The van der Waals surface area contributed by atoms with Gasteiger partial charge in [-0.3, -0.25) is 9.59 Å². The van der Waals surface area contributed by atoms with Crippen LogP contribution in [-0.4, -0.2) is 32.0 Å². The summed E-state index contributed by atoms with van der Waals surface area (Å²) in [6.07, 6.45) is 0. The third-order valence-corrected chi connectivity index (χ3v) is 5.44. The first-order valence-corrected chi connectivity index (χ1v) is 10.9. The van der Waals surface area contributed by atoms with E-state index in [1.807, 2.05) is 88.5 Å². The first-order valence-electron chi connectivity index (χ1n) is 10.9. The molecule has 0 saturated carbocycles. The van der Waals surface area contributed by atoms with Crippen LogP contribution in [0.4, 0.5) is 5.69 Å². The number of hydrogen-bond donors (Lipinski definition) is 3. The molecule has 3 aromatic rings. The van der Waals surface area contributed by atoms with Gasteiger partial charge in [-0.05, 0) is 43.0 Å². The Balaban J connectivity index is 1.61. The first kappa shape index (κ1) is 23.2. The lowest BCUT2D eigenvalue weighted by molar-refractivity contribution is -0.862. The van der Waals surface area contributed by atoms with Gasteiger partial charge in [-0.15, -0.1) is 0 Å². The molecule has 0 spiro atoms. The number of likely N-dealkylation sites (N-methyl/N-ethyl adjacent to an activating group) is 1. The summed E-state index contributed by atoms with van der Waals surface area (Å²) in [5.41, 5.74) is 6.15. The Morgan fingerprint density at radius 1 is 0.781 bits per heavy atom. The van der Waals surface area contributed by atoms with Crippen molar-refractivity contribution in [1.29, 1.82) is 0 Å². The summed E-state index contributed by atoms with van der Waals surface area (Å²) in [5.74, 6) is -0.205. The number of aryl methyl sites for hydroxylation is 3. The Morgan fingerprint density at radius 2 is 1.25 bits per heavy atom. The number of hydrogen-bond acceptors (Lipinski definition) is 2. The second-order valence-corrected chi connectivity index (χ2v) is 8.45. The maximum absolute atomic E-state index is 12.8. The summed E-state index contributed by atoms with van der Waals surface area (Å²) in [7, 11) is 1.86. The van der Waals surface area contributed by atoms with Gasteiger partial charge in [0.1, 0.15) is 0 Å². The van der Waals surface area contributed by atoms with Gasteiger partial charge in [0.15, 0.2) is 13.1 Å². The van der Waals surface area contributed by atoms with E-state index in [9.17, 15) is 9.59 Å². The van der Waals surface area contributed by atoms with Crippen molar-refractivity contribution in [2.45, 2.75) is 26.8 Å². The number of anilines is 1. The van der Waals surface area contributed by atoms with Gasteiger partial charge in [0, 0.05) is 5.69 Å². The molecule has 0 saturated heterocycles. The topological polar surface area (TPSA) is 62.6 Å². The molecule has 1 unspecified atom stereocenters. The predicted octanol–water partition coefficient (Wildman–Crippen LogP) is 2.97. The van der Waals surface area contributed by atoms with Crippen molar-refractivity contribution >= 4 is 17.5 Å². The number of amides is 2. The van der Waals surface area contributed by atoms with Gasteiger partial charge in [0.2, 0.25) is 0 Å². The maximum atomic E-state index is 12.8. The fraction of sp³-hybridized carbons (Fsp3) is 0.259. The van der Waals surface area contributed by atoms with Crippen LogP contribution in [0.3, 0.4) is 0 Å². The summed E-state index contributed by atoms with van der Waals surface area (Å²) in [5, 5.41) is 6.15. The molecule has 166 valence electrons. The van der Waals surface area contributed by atoms with Crippen molar-refractivity contribution in [3.05, 3.63) is 101 Å². The molecule has 0 aliphatic heterocycles. The number of rotatable bonds is 8. The van der Waals surface area contributed by atoms with E-state index < -0.39 is 0 Å². The Kier molecular flexibility index (Phi) is 7.79. The normalized spacial score (nSPS) is 11.8. The second kappa shape index (κ2) is 10.7. The molecule has 0 radical (unpaired) electrons. The molecule has 2 amide bonds. The molecule has 3 aromatic carbocycles. The smallest absolute Gasteiger partial charge is 0.279 e. The Bertz CT molecular complexity index is 1000. The van der Waals surface area contributed by atoms with Crippen molar-refractivity contribution in [1.82, 2.24) is 5.32 Å². The molecule has 1 atom stereocenters. The zero-order valence-electron chi connectivity index (χ0n) is 19.2. The number of carbonyl (C=O) groups is 2. The minimum Gasteiger partial charge on any atom is -0.340 e. The van der Waals surface area contributed by atoms with E-state index in [-0.39, 0.29) is 30.9 Å². The zero-order chi connectivity index (χ0) is 23.1. The number of nitrogens with one attached hydrogen (secondary N) is 3. The summed E-state index contributed by atoms with van der Waals surface area (Å²) in [6, 6.07) is 23.7. The molecule has 5 nitrogen and oxygen atoms in total. The van der Waals surface area contributed by atoms with Crippen molar-refractivity contribution in [2.24, 2.45) is 0 Å². The highest BCUT2D eigenvalue weighted by Gasteiger charge is 2.20. The SMILES string of the molecule is Cc1cc(C)c(NC(=O)C[NH+](C)CC(=O)NC(c2ccccc2)c2ccccc2)c(C)c1.